The number of halogens is 1. The van der Waals surface area contributed by atoms with Crippen molar-refractivity contribution in [3.8, 4) is 0 Å². The lowest BCUT2D eigenvalue weighted by atomic mass is 9.89. The van der Waals surface area contributed by atoms with E-state index in [9.17, 15) is 9.59 Å². The molecule has 24 heavy (non-hydrogen) atoms. The van der Waals surface area contributed by atoms with Crippen LogP contribution in [0.25, 0.3) is 0 Å². The molecule has 2 rings (SSSR count). The molecule has 1 atom stereocenters. The van der Waals surface area contributed by atoms with Gasteiger partial charge in [-0.05, 0) is 42.8 Å². The fourth-order valence-electron chi connectivity index (χ4n) is 2.51. The van der Waals surface area contributed by atoms with Crippen LogP contribution < -0.4 is 10.6 Å². The maximum absolute atomic E-state index is 12.7. The minimum Gasteiger partial charge on any atom is -0.460 e. The Morgan fingerprint density at radius 2 is 1.92 bits per heavy atom. The predicted octanol–water partition coefficient (Wildman–Crippen LogP) is 3.01. The fraction of sp³-hybridized carbons (Fsp3) is 0.353. The van der Waals surface area contributed by atoms with Crippen molar-refractivity contribution in [1.82, 2.24) is 10.6 Å². The summed E-state index contributed by atoms with van der Waals surface area (Å²) in [5.41, 5.74) is 1.83. The van der Waals surface area contributed by atoms with Crippen LogP contribution in [-0.2, 0) is 14.3 Å². The topological polar surface area (TPSA) is 67.4 Å². The molecule has 0 spiro atoms. The summed E-state index contributed by atoms with van der Waals surface area (Å²) in [4.78, 5) is 24.7. The van der Waals surface area contributed by atoms with Gasteiger partial charge in [-0.15, -0.1) is 0 Å². The normalized spacial score (nSPS) is 17.4. The number of rotatable bonds is 5. The molecule has 7 heteroatoms. The maximum Gasteiger partial charge on any atom is 0.379 e. The van der Waals surface area contributed by atoms with Gasteiger partial charge < -0.3 is 15.4 Å². The Morgan fingerprint density at radius 3 is 2.46 bits per heavy atom. The molecule has 0 saturated heterocycles. The van der Waals surface area contributed by atoms with Gasteiger partial charge in [0.15, 0.2) is 5.11 Å². The number of esters is 1. The Bertz CT molecular complexity index is 698. The molecule has 0 saturated carbocycles. The average Bonchev–Trinajstić information content (AvgIpc) is 2.54. The zero-order chi connectivity index (χ0) is 17.9. The third kappa shape index (κ3) is 4.02. The van der Waals surface area contributed by atoms with Gasteiger partial charge >= 0.3 is 5.97 Å². The van der Waals surface area contributed by atoms with Crippen molar-refractivity contribution in [3.63, 3.8) is 0 Å². The number of nitrogens with one attached hydrogen (secondary N) is 2. The molecule has 1 heterocycles. The molecular formula is C17H19BrN2O3S. The van der Waals surface area contributed by atoms with Crippen LogP contribution in [-0.4, -0.2) is 23.5 Å². The van der Waals surface area contributed by atoms with Crippen LogP contribution in [0.2, 0.25) is 0 Å². The Labute approximate surface area is 155 Å². The second-order valence-corrected chi connectivity index (χ2v) is 6.94. The summed E-state index contributed by atoms with van der Waals surface area (Å²) in [6.45, 7) is 5.69. The third-order valence-electron chi connectivity index (χ3n) is 3.59. The first-order chi connectivity index (χ1) is 11.3. The molecule has 0 fully saturated rings. The number of hydrogen-bond donors (Lipinski definition) is 2. The van der Waals surface area contributed by atoms with Gasteiger partial charge in [0.05, 0.1) is 18.2 Å². The fourth-order valence-corrected chi connectivity index (χ4v) is 3.00. The lowest BCUT2D eigenvalue weighted by Gasteiger charge is -2.32. The van der Waals surface area contributed by atoms with Gasteiger partial charge in [0.2, 0.25) is 0 Å². The average molecular weight is 411 g/mol. The highest BCUT2D eigenvalue weighted by Gasteiger charge is 2.35. The molecule has 1 aromatic rings. The first-order valence-corrected chi connectivity index (χ1v) is 8.83. The zero-order valence-electron chi connectivity index (χ0n) is 13.7. The van der Waals surface area contributed by atoms with Crippen molar-refractivity contribution in [1.29, 1.82) is 0 Å². The number of ketones is 1. The summed E-state index contributed by atoms with van der Waals surface area (Å²) >= 11 is 8.66. The van der Waals surface area contributed by atoms with Crippen molar-refractivity contribution in [2.75, 3.05) is 6.61 Å². The molecule has 5 nitrogen and oxygen atoms in total. The standard InChI is InChI=1S/C17H19BrN2O3S/c1-4-23-16(22)15(21)12-13(9(2)3)19-17(24)20-14(12)10-5-7-11(18)8-6-10/h5-9,14H,4H2,1-3H3,(H2,19,20,24)/t14-/m0/s1. The molecule has 0 unspecified atom stereocenters. The minimum atomic E-state index is -0.857. The summed E-state index contributed by atoms with van der Waals surface area (Å²) in [5.74, 6) is -1.52. The summed E-state index contributed by atoms with van der Waals surface area (Å²) in [6.07, 6.45) is 0. The van der Waals surface area contributed by atoms with Gasteiger partial charge in [0.25, 0.3) is 5.78 Å². The van der Waals surface area contributed by atoms with E-state index in [2.05, 4.69) is 26.6 Å². The molecule has 0 bridgehead atoms. The highest BCUT2D eigenvalue weighted by Crippen LogP contribution is 2.31. The van der Waals surface area contributed by atoms with Crippen LogP contribution >= 0.6 is 28.1 Å². The number of benzene rings is 1. The van der Waals surface area contributed by atoms with E-state index in [0.717, 1.165) is 10.0 Å². The molecular weight excluding hydrogens is 392 g/mol. The van der Waals surface area contributed by atoms with E-state index in [1.807, 2.05) is 38.1 Å². The van der Waals surface area contributed by atoms with Gasteiger partial charge in [-0.25, -0.2) is 4.79 Å². The van der Waals surface area contributed by atoms with E-state index in [4.69, 9.17) is 17.0 Å². The molecule has 0 radical (unpaired) electrons. The van der Waals surface area contributed by atoms with Crippen molar-refractivity contribution < 1.29 is 14.3 Å². The largest absolute Gasteiger partial charge is 0.460 e. The number of ether oxygens (including phenoxy) is 1. The summed E-state index contributed by atoms with van der Waals surface area (Å²) < 4.78 is 5.82. The highest BCUT2D eigenvalue weighted by atomic mass is 79.9. The van der Waals surface area contributed by atoms with Gasteiger partial charge in [-0.2, -0.15) is 0 Å². The van der Waals surface area contributed by atoms with Crippen molar-refractivity contribution in [3.05, 3.63) is 45.6 Å². The maximum atomic E-state index is 12.7. The Kier molecular flexibility index (Phi) is 6.12. The number of hydrogen-bond acceptors (Lipinski definition) is 4. The Balaban J connectivity index is 2.55. The van der Waals surface area contributed by atoms with Gasteiger partial charge in [-0.3, -0.25) is 4.79 Å². The van der Waals surface area contributed by atoms with Gasteiger partial charge in [0.1, 0.15) is 0 Å². The van der Waals surface area contributed by atoms with Crippen molar-refractivity contribution >= 4 is 45.0 Å². The highest BCUT2D eigenvalue weighted by molar-refractivity contribution is 9.10. The van der Waals surface area contributed by atoms with E-state index in [1.165, 1.54) is 0 Å². The Hall–Kier alpha value is -1.73. The van der Waals surface area contributed by atoms with Crippen LogP contribution in [0.4, 0.5) is 0 Å². The molecule has 0 aromatic heterocycles. The van der Waals surface area contributed by atoms with Crippen LogP contribution in [0.5, 0.6) is 0 Å². The zero-order valence-corrected chi connectivity index (χ0v) is 16.1. The smallest absolute Gasteiger partial charge is 0.379 e. The van der Waals surface area contributed by atoms with Crippen LogP contribution in [0.15, 0.2) is 40.0 Å². The van der Waals surface area contributed by atoms with Gasteiger partial charge in [-0.1, -0.05) is 41.9 Å². The van der Waals surface area contributed by atoms with Crippen LogP contribution in [0, 0.1) is 5.92 Å². The second-order valence-electron chi connectivity index (χ2n) is 5.61. The summed E-state index contributed by atoms with van der Waals surface area (Å²) in [6, 6.07) is 7.02. The number of thiocarbonyl (C=S) groups is 1. The molecule has 0 amide bonds. The molecule has 0 aliphatic carbocycles. The lowest BCUT2D eigenvalue weighted by molar-refractivity contribution is -0.152. The first kappa shape index (κ1) is 18.6. The van der Waals surface area contributed by atoms with Crippen LogP contribution in [0.3, 0.4) is 0 Å². The first-order valence-electron chi connectivity index (χ1n) is 7.63. The van der Waals surface area contributed by atoms with E-state index in [0.29, 0.717) is 16.4 Å². The van der Waals surface area contributed by atoms with Crippen molar-refractivity contribution in [2.45, 2.75) is 26.8 Å². The molecule has 1 aliphatic rings. The van der Waals surface area contributed by atoms with E-state index in [1.54, 1.807) is 6.92 Å². The van der Waals surface area contributed by atoms with E-state index >= 15 is 0 Å². The van der Waals surface area contributed by atoms with Crippen molar-refractivity contribution in [2.24, 2.45) is 5.92 Å². The van der Waals surface area contributed by atoms with Crippen LogP contribution in [0.1, 0.15) is 32.4 Å². The second kappa shape index (κ2) is 7.90. The summed E-state index contributed by atoms with van der Waals surface area (Å²) in [5, 5.41) is 6.52. The van der Waals surface area contributed by atoms with E-state index in [-0.39, 0.29) is 12.5 Å². The molecule has 1 aliphatic heterocycles. The number of allylic oxidation sites excluding steroid dienone is 1. The lowest BCUT2D eigenvalue weighted by Crippen LogP contribution is -2.47. The molecule has 1 aromatic carbocycles. The van der Waals surface area contributed by atoms with Gasteiger partial charge in [0, 0.05) is 10.2 Å². The Morgan fingerprint density at radius 1 is 1.29 bits per heavy atom. The monoisotopic (exact) mass is 410 g/mol. The number of carbonyl (C=O) groups is 2. The number of Topliss-reactive ketones (excluding diaryl/α,β-unsaturated/α-hetero) is 1. The SMILES string of the molecule is CCOC(=O)C(=O)C1=C(C(C)C)NC(=S)N[C@H]1c1ccc(Br)cc1. The predicted molar refractivity (Wildman–Crippen MR) is 99.3 cm³/mol. The van der Waals surface area contributed by atoms with E-state index < -0.39 is 17.8 Å². The summed E-state index contributed by atoms with van der Waals surface area (Å²) in [7, 11) is 0. The quantitative estimate of drug-likeness (QED) is 0.441. The molecule has 128 valence electrons. The third-order valence-corrected chi connectivity index (χ3v) is 4.34. The molecule has 2 N–H and O–H groups in total. The minimum absolute atomic E-state index is 0.00336. The number of carbonyl (C=O) groups excluding carboxylic acids is 2.